The van der Waals surface area contributed by atoms with Crippen molar-refractivity contribution in [2.24, 2.45) is 11.1 Å². The number of anilines is 1. The first-order valence-corrected chi connectivity index (χ1v) is 7.92. The molecule has 1 aliphatic carbocycles. The molecular weight excluding hydrogens is 264 g/mol. The highest BCUT2D eigenvalue weighted by atomic mass is 32.2. The summed E-state index contributed by atoms with van der Waals surface area (Å²) in [4.78, 5) is 11.8. The first-order valence-electron chi connectivity index (χ1n) is 6.38. The lowest BCUT2D eigenvalue weighted by atomic mass is 10.0. The molecule has 0 heterocycles. The summed E-state index contributed by atoms with van der Waals surface area (Å²) in [7, 11) is -3.73. The van der Waals surface area contributed by atoms with Gasteiger partial charge in [0.1, 0.15) is 0 Å². The predicted octanol–water partition coefficient (Wildman–Crippen LogP) is 1.85. The van der Waals surface area contributed by atoms with Crippen molar-refractivity contribution in [1.29, 1.82) is 0 Å². The Morgan fingerprint density at radius 2 is 2.00 bits per heavy atom. The number of nitrogens with one attached hydrogen (secondary N) is 1. The zero-order chi connectivity index (χ0) is 13.9. The molecule has 0 spiro atoms. The molecule has 6 heteroatoms. The molecule has 1 aromatic carbocycles. The fraction of sp³-hybridized carbons (Fsp3) is 0.462. The summed E-state index contributed by atoms with van der Waals surface area (Å²) in [5, 5.41) is 7.77. The van der Waals surface area contributed by atoms with E-state index in [0.717, 1.165) is 12.8 Å². The van der Waals surface area contributed by atoms with E-state index in [1.807, 2.05) is 0 Å². The minimum atomic E-state index is -3.73. The summed E-state index contributed by atoms with van der Waals surface area (Å²) in [5.41, 5.74) is 0.467. The van der Waals surface area contributed by atoms with Crippen LogP contribution in [-0.4, -0.2) is 14.3 Å². The van der Waals surface area contributed by atoms with Crippen molar-refractivity contribution in [2.75, 3.05) is 5.32 Å². The normalized spacial score (nSPS) is 16.5. The van der Waals surface area contributed by atoms with Crippen LogP contribution in [-0.2, 0) is 14.8 Å². The maximum Gasteiger partial charge on any atom is 0.238 e. The van der Waals surface area contributed by atoms with Crippen molar-refractivity contribution in [3.05, 3.63) is 24.3 Å². The third kappa shape index (κ3) is 4.04. The van der Waals surface area contributed by atoms with E-state index in [2.05, 4.69) is 5.32 Å². The van der Waals surface area contributed by atoms with Crippen LogP contribution in [0.4, 0.5) is 5.69 Å². The van der Waals surface area contributed by atoms with E-state index in [0.29, 0.717) is 18.0 Å². The second-order valence-electron chi connectivity index (χ2n) is 4.98. The molecule has 19 heavy (non-hydrogen) atoms. The summed E-state index contributed by atoms with van der Waals surface area (Å²) in [6.07, 6.45) is 5.09. The Balaban J connectivity index is 2.00. The maximum absolute atomic E-state index is 11.8. The molecule has 104 valence electrons. The van der Waals surface area contributed by atoms with Gasteiger partial charge in [-0.1, -0.05) is 18.9 Å². The number of carbonyl (C=O) groups excluding carboxylic acids is 1. The Labute approximate surface area is 113 Å². The van der Waals surface area contributed by atoms with Crippen molar-refractivity contribution in [1.82, 2.24) is 0 Å². The van der Waals surface area contributed by atoms with Gasteiger partial charge in [0.15, 0.2) is 0 Å². The molecule has 1 saturated carbocycles. The molecule has 0 atom stereocenters. The van der Waals surface area contributed by atoms with E-state index >= 15 is 0 Å². The molecule has 1 aromatic rings. The molecule has 0 bridgehead atoms. The van der Waals surface area contributed by atoms with Crippen LogP contribution in [0.1, 0.15) is 32.1 Å². The Morgan fingerprint density at radius 3 is 2.63 bits per heavy atom. The van der Waals surface area contributed by atoms with Gasteiger partial charge in [0.25, 0.3) is 0 Å². The van der Waals surface area contributed by atoms with Crippen LogP contribution >= 0.6 is 0 Å². The molecule has 5 nitrogen and oxygen atoms in total. The lowest BCUT2D eigenvalue weighted by molar-refractivity contribution is -0.117. The number of sulfonamides is 1. The Morgan fingerprint density at radius 1 is 1.32 bits per heavy atom. The zero-order valence-electron chi connectivity index (χ0n) is 10.6. The van der Waals surface area contributed by atoms with Gasteiger partial charge in [0.2, 0.25) is 15.9 Å². The molecule has 2 rings (SSSR count). The quantitative estimate of drug-likeness (QED) is 0.883. The summed E-state index contributed by atoms with van der Waals surface area (Å²) in [6, 6.07) is 6.00. The molecule has 0 radical (unpaired) electrons. The topological polar surface area (TPSA) is 89.3 Å². The van der Waals surface area contributed by atoms with E-state index < -0.39 is 10.0 Å². The van der Waals surface area contributed by atoms with Gasteiger partial charge in [-0.25, -0.2) is 13.6 Å². The molecule has 3 N–H and O–H groups in total. The van der Waals surface area contributed by atoms with Gasteiger partial charge in [0.05, 0.1) is 4.90 Å². The molecule has 0 saturated heterocycles. The van der Waals surface area contributed by atoms with E-state index in [-0.39, 0.29) is 10.8 Å². The van der Waals surface area contributed by atoms with Crippen LogP contribution in [0, 0.1) is 5.92 Å². The van der Waals surface area contributed by atoms with Gasteiger partial charge in [-0.3, -0.25) is 4.79 Å². The Kier molecular flexibility index (Phi) is 4.21. The third-order valence-corrected chi connectivity index (χ3v) is 4.31. The van der Waals surface area contributed by atoms with Crippen LogP contribution in [0.25, 0.3) is 0 Å². The zero-order valence-corrected chi connectivity index (χ0v) is 11.4. The van der Waals surface area contributed by atoms with Gasteiger partial charge in [-0.05, 0) is 37.0 Å². The highest BCUT2D eigenvalue weighted by Gasteiger charge is 2.18. The molecule has 1 aliphatic rings. The number of rotatable bonds is 4. The molecule has 0 aliphatic heterocycles. The van der Waals surface area contributed by atoms with Gasteiger partial charge in [-0.15, -0.1) is 0 Å². The van der Waals surface area contributed by atoms with Crippen LogP contribution in [0.15, 0.2) is 29.2 Å². The lowest BCUT2D eigenvalue weighted by Gasteiger charge is -2.10. The summed E-state index contributed by atoms with van der Waals surface area (Å²) >= 11 is 0. The fourth-order valence-corrected chi connectivity index (χ4v) is 3.00. The fourth-order valence-electron chi connectivity index (χ4n) is 2.44. The number of carbonyl (C=O) groups is 1. The van der Waals surface area contributed by atoms with Gasteiger partial charge >= 0.3 is 0 Å². The number of primary sulfonamides is 1. The first-order chi connectivity index (χ1) is 8.95. The standard InChI is InChI=1S/C13H18N2O3S/c14-19(17,18)12-7-3-6-11(9-12)15-13(16)8-10-4-1-2-5-10/h3,6-7,9-10H,1-2,4-5,8H2,(H,15,16)(H2,14,17,18). The smallest absolute Gasteiger partial charge is 0.238 e. The summed E-state index contributed by atoms with van der Waals surface area (Å²) in [6.45, 7) is 0. The highest BCUT2D eigenvalue weighted by molar-refractivity contribution is 7.89. The van der Waals surface area contributed by atoms with Crippen LogP contribution in [0.5, 0.6) is 0 Å². The summed E-state index contributed by atoms with van der Waals surface area (Å²) in [5.74, 6) is 0.389. The monoisotopic (exact) mass is 282 g/mol. The van der Waals surface area contributed by atoms with Crippen molar-refractivity contribution >= 4 is 21.6 Å². The highest BCUT2D eigenvalue weighted by Crippen LogP contribution is 2.27. The lowest BCUT2D eigenvalue weighted by Crippen LogP contribution is -2.16. The number of benzene rings is 1. The number of hydrogen-bond donors (Lipinski definition) is 2. The van der Waals surface area contributed by atoms with Crippen LogP contribution in [0.2, 0.25) is 0 Å². The van der Waals surface area contributed by atoms with E-state index in [4.69, 9.17) is 5.14 Å². The number of hydrogen-bond acceptors (Lipinski definition) is 3. The second-order valence-corrected chi connectivity index (χ2v) is 6.54. The molecule has 0 aromatic heterocycles. The first kappa shape index (κ1) is 14.0. The van der Waals surface area contributed by atoms with E-state index in [1.54, 1.807) is 12.1 Å². The number of nitrogens with two attached hydrogens (primary N) is 1. The molecule has 1 fully saturated rings. The average Bonchev–Trinajstić information content (AvgIpc) is 2.80. The van der Waals surface area contributed by atoms with Crippen LogP contribution < -0.4 is 10.5 Å². The SMILES string of the molecule is NS(=O)(=O)c1cccc(NC(=O)CC2CCCC2)c1. The molecule has 1 amide bonds. The average molecular weight is 282 g/mol. The van der Waals surface area contributed by atoms with Crippen molar-refractivity contribution < 1.29 is 13.2 Å². The van der Waals surface area contributed by atoms with Crippen LogP contribution in [0.3, 0.4) is 0 Å². The predicted molar refractivity (Wildman–Crippen MR) is 73.0 cm³/mol. The molecular formula is C13H18N2O3S. The Hall–Kier alpha value is -1.40. The van der Waals surface area contributed by atoms with Gasteiger partial charge in [0, 0.05) is 12.1 Å². The van der Waals surface area contributed by atoms with E-state index in [9.17, 15) is 13.2 Å². The second kappa shape index (κ2) is 5.71. The number of amides is 1. The maximum atomic E-state index is 11.8. The van der Waals surface area contributed by atoms with Crippen molar-refractivity contribution in [3.8, 4) is 0 Å². The van der Waals surface area contributed by atoms with Crippen molar-refractivity contribution in [3.63, 3.8) is 0 Å². The Bertz CT molecular complexity index is 563. The van der Waals surface area contributed by atoms with Gasteiger partial charge in [-0.2, -0.15) is 0 Å². The largest absolute Gasteiger partial charge is 0.326 e. The van der Waals surface area contributed by atoms with E-state index in [1.165, 1.54) is 25.0 Å². The summed E-state index contributed by atoms with van der Waals surface area (Å²) < 4.78 is 22.4. The van der Waals surface area contributed by atoms with Gasteiger partial charge < -0.3 is 5.32 Å². The third-order valence-electron chi connectivity index (χ3n) is 3.40. The van der Waals surface area contributed by atoms with Crippen molar-refractivity contribution in [2.45, 2.75) is 37.0 Å². The molecule has 0 unspecified atom stereocenters. The minimum absolute atomic E-state index is 0.00571. The minimum Gasteiger partial charge on any atom is -0.326 e.